The summed E-state index contributed by atoms with van der Waals surface area (Å²) in [5, 5.41) is 0. The number of carbonyl (C=O) groups is 1. The fourth-order valence-corrected chi connectivity index (χ4v) is 3.49. The predicted molar refractivity (Wildman–Crippen MR) is 107 cm³/mol. The van der Waals surface area contributed by atoms with Crippen molar-refractivity contribution in [3.63, 3.8) is 0 Å². The maximum absolute atomic E-state index is 13.0. The van der Waals surface area contributed by atoms with Gasteiger partial charge in [-0.1, -0.05) is 0 Å². The van der Waals surface area contributed by atoms with Gasteiger partial charge in [-0.05, 0) is 61.2 Å². The molecule has 9 heteroatoms. The van der Waals surface area contributed by atoms with E-state index in [0.29, 0.717) is 23.5 Å². The molecule has 0 spiro atoms. The minimum atomic E-state index is -4.73. The first-order chi connectivity index (χ1) is 14.8. The van der Waals surface area contributed by atoms with Crippen molar-refractivity contribution in [2.75, 3.05) is 0 Å². The number of carbonyl (C=O) groups excluding carboxylic acids is 1. The lowest BCUT2D eigenvalue weighted by Gasteiger charge is -2.37. The van der Waals surface area contributed by atoms with Gasteiger partial charge in [0.25, 0.3) is 5.91 Å². The molecule has 162 valence electrons. The van der Waals surface area contributed by atoms with Crippen LogP contribution in [0.2, 0.25) is 0 Å². The smallest absolute Gasteiger partial charge is 0.406 e. The summed E-state index contributed by atoms with van der Waals surface area (Å²) in [6.45, 7) is 0.408. The van der Waals surface area contributed by atoms with E-state index in [1.54, 1.807) is 23.3 Å². The Morgan fingerprint density at radius 2 is 1.94 bits per heavy atom. The Labute approximate surface area is 177 Å². The highest BCUT2D eigenvalue weighted by molar-refractivity contribution is 5.92. The van der Waals surface area contributed by atoms with Crippen molar-refractivity contribution in [3.8, 4) is 17.0 Å². The fraction of sp³-hybridized carbons (Fsp3) is 0.318. The van der Waals surface area contributed by atoms with Crippen molar-refractivity contribution in [1.82, 2.24) is 19.4 Å². The first kappa shape index (κ1) is 20.9. The number of benzene rings is 1. The minimum absolute atomic E-state index is 0.114. The number of rotatable bonds is 6. The summed E-state index contributed by atoms with van der Waals surface area (Å²) in [5.41, 5.74) is 2.55. The Morgan fingerprint density at radius 3 is 2.52 bits per heavy atom. The average Bonchev–Trinajstić information content (AvgIpc) is 3.11. The van der Waals surface area contributed by atoms with Crippen LogP contribution >= 0.6 is 0 Å². The summed E-state index contributed by atoms with van der Waals surface area (Å²) in [7, 11) is 1.82. The number of hydrogen-bond acceptors (Lipinski definition) is 4. The van der Waals surface area contributed by atoms with Crippen LogP contribution in [0, 0.1) is 0 Å². The Kier molecular flexibility index (Phi) is 5.67. The van der Waals surface area contributed by atoms with E-state index in [1.807, 2.05) is 24.1 Å². The maximum atomic E-state index is 13.0. The van der Waals surface area contributed by atoms with Gasteiger partial charge >= 0.3 is 6.36 Å². The lowest BCUT2D eigenvalue weighted by molar-refractivity contribution is -0.274. The van der Waals surface area contributed by atoms with Gasteiger partial charge in [-0.2, -0.15) is 0 Å². The Balaban J connectivity index is 1.53. The van der Waals surface area contributed by atoms with Gasteiger partial charge in [-0.25, -0.2) is 4.98 Å². The zero-order valence-electron chi connectivity index (χ0n) is 16.8. The van der Waals surface area contributed by atoms with Crippen molar-refractivity contribution in [3.05, 3.63) is 66.4 Å². The zero-order valence-corrected chi connectivity index (χ0v) is 16.8. The third-order valence-corrected chi connectivity index (χ3v) is 5.26. The normalized spacial score (nSPS) is 14.2. The van der Waals surface area contributed by atoms with Crippen LogP contribution in [0.25, 0.3) is 11.3 Å². The molecule has 0 bridgehead atoms. The highest BCUT2D eigenvalue weighted by Crippen LogP contribution is 2.29. The fourth-order valence-electron chi connectivity index (χ4n) is 3.49. The lowest BCUT2D eigenvalue weighted by atomic mass is 9.90. The zero-order chi connectivity index (χ0) is 22.0. The van der Waals surface area contributed by atoms with Gasteiger partial charge in [0.15, 0.2) is 0 Å². The second-order valence-electron chi connectivity index (χ2n) is 7.56. The molecule has 2 aromatic heterocycles. The highest BCUT2D eigenvalue weighted by atomic mass is 19.4. The average molecular weight is 430 g/mol. The van der Waals surface area contributed by atoms with Crippen LogP contribution in [0.5, 0.6) is 5.75 Å². The number of nitrogens with zero attached hydrogens (tertiary/aromatic N) is 4. The van der Waals surface area contributed by atoms with Gasteiger partial charge in [0.2, 0.25) is 0 Å². The second kappa shape index (κ2) is 8.41. The molecule has 0 unspecified atom stereocenters. The molecule has 0 N–H and O–H groups in total. The standard InChI is InChI=1S/C22H21F3N4O2/c1-28-13-20(27-14-28)21(30)29(17-3-2-4-17)12-15-9-10-26-19(11-15)16-5-7-18(8-6-16)31-22(23,24)25/h5-11,13-14,17H,2-4,12H2,1H3. The molecule has 0 aliphatic heterocycles. The number of pyridine rings is 1. The molecule has 6 nitrogen and oxygen atoms in total. The summed E-state index contributed by atoms with van der Waals surface area (Å²) in [4.78, 5) is 23.4. The molecule has 4 rings (SSSR count). The molecule has 1 saturated carbocycles. The number of amides is 1. The van der Waals surface area contributed by atoms with Crippen LogP contribution in [-0.2, 0) is 13.6 Å². The summed E-state index contributed by atoms with van der Waals surface area (Å²) in [6, 6.07) is 9.40. The van der Waals surface area contributed by atoms with Crippen molar-refractivity contribution in [2.24, 2.45) is 7.05 Å². The van der Waals surface area contributed by atoms with Crippen molar-refractivity contribution in [2.45, 2.75) is 38.2 Å². The number of ether oxygens (including phenoxy) is 1. The molecule has 1 fully saturated rings. The Hall–Kier alpha value is -3.36. The molecule has 1 aliphatic rings. The van der Waals surface area contributed by atoms with Crippen LogP contribution in [0.15, 0.2) is 55.1 Å². The molecule has 1 amide bonds. The summed E-state index contributed by atoms with van der Waals surface area (Å²) in [5.74, 6) is -0.401. The Morgan fingerprint density at radius 1 is 1.19 bits per heavy atom. The van der Waals surface area contributed by atoms with Gasteiger partial charge in [0, 0.05) is 37.6 Å². The molecular formula is C22H21F3N4O2. The maximum Gasteiger partial charge on any atom is 0.573 e. The number of imidazole rings is 1. The third-order valence-electron chi connectivity index (χ3n) is 5.26. The van der Waals surface area contributed by atoms with E-state index in [1.165, 1.54) is 24.3 Å². The van der Waals surface area contributed by atoms with Gasteiger partial charge < -0.3 is 14.2 Å². The summed E-state index contributed by atoms with van der Waals surface area (Å²) in [6.07, 6.45) is 3.21. The van der Waals surface area contributed by atoms with Crippen molar-refractivity contribution < 1.29 is 22.7 Å². The molecule has 0 atom stereocenters. The van der Waals surface area contributed by atoms with E-state index in [2.05, 4.69) is 14.7 Å². The number of aryl methyl sites for hydroxylation is 1. The van der Waals surface area contributed by atoms with Crippen LogP contribution in [-0.4, -0.2) is 37.7 Å². The van der Waals surface area contributed by atoms with Crippen LogP contribution in [0.4, 0.5) is 13.2 Å². The minimum Gasteiger partial charge on any atom is -0.406 e. The Bertz CT molecular complexity index is 1060. The van der Waals surface area contributed by atoms with Crippen LogP contribution < -0.4 is 4.74 Å². The third kappa shape index (κ3) is 5.04. The van der Waals surface area contributed by atoms with Crippen LogP contribution in [0.3, 0.4) is 0 Å². The number of aromatic nitrogens is 3. The summed E-state index contributed by atoms with van der Waals surface area (Å²) < 4.78 is 42.7. The van der Waals surface area contributed by atoms with E-state index in [9.17, 15) is 18.0 Å². The van der Waals surface area contributed by atoms with Gasteiger partial charge in [0.05, 0.1) is 12.0 Å². The van der Waals surface area contributed by atoms with E-state index in [0.717, 1.165) is 24.8 Å². The molecule has 1 aliphatic carbocycles. The first-order valence-electron chi connectivity index (χ1n) is 9.88. The predicted octanol–water partition coefficient (Wildman–Crippen LogP) is 4.58. The van der Waals surface area contributed by atoms with E-state index < -0.39 is 6.36 Å². The lowest BCUT2D eigenvalue weighted by Crippen LogP contribution is -2.43. The van der Waals surface area contributed by atoms with E-state index >= 15 is 0 Å². The van der Waals surface area contributed by atoms with Crippen LogP contribution in [0.1, 0.15) is 35.3 Å². The quantitative estimate of drug-likeness (QED) is 0.575. The molecular weight excluding hydrogens is 409 g/mol. The van der Waals surface area contributed by atoms with Crippen molar-refractivity contribution in [1.29, 1.82) is 0 Å². The molecule has 3 aromatic rings. The van der Waals surface area contributed by atoms with Gasteiger partial charge in [-0.3, -0.25) is 9.78 Å². The number of hydrogen-bond donors (Lipinski definition) is 0. The molecule has 2 heterocycles. The molecule has 31 heavy (non-hydrogen) atoms. The first-order valence-corrected chi connectivity index (χ1v) is 9.88. The molecule has 1 aromatic carbocycles. The van der Waals surface area contributed by atoms with E-state index in [4.69, 9.17) is 0 Å². The largest absolute Gasteiger partial charge is 0.573 e. The second-order valence-corrected chi connectivity index (χ2v) is 7.56. The van der Waals surface area contributed by atoms with Gasteiger partial charge in [-0.15, -0.1) is 13.2 Å². The SMILES string of the molecule is Cn1cnc(C(=O)N(Cc2ccnc(-c3ccc(OC(F)(F)F)cc3)c2)C2CCC2)c1. The molecule has 0 radical (unpaired) electrons. The molecule has 0 saturated heterocycles. The highest BCUT2D eigenvalue weighted by Gasteiger charge is 2.31. The topological polar surface area (TPSA) is 60.2 Å². The van der Waals surface area contributed by atoms with Gasteiger partial charge in [0.1, 0.15) is 11.4 Å². The monoisotopic (exact) mass is 430 g/mol. The summed E-state index contributed by atoms with van der Waals surface area (Å²) >= 11 is 0. The number of halogens is 3. The number of alkyl halides is 3. The van der Waals surface area contributed by atoms with Crippen molar-refractivity contribution >= 4 is 5.91 Å². The van der Waals surface area contributed by atoms with E-state index in [-0.39, 0.29) is 17.7 Å².